The lowest BCUT2D eigenvalue weighted by atomic mass is 9.96. The Balaban J connectivity index is 5.12. The number of aliphatic carboxylic acids is 1. The van der Waals surface area contributed by atoms with Gasteiger partial charge in [-0.05, 0) is 13.8 Å². The van der Waals surface area contributed by atoms with E-state index in [0.717, 1.165) is 6.92 Å². The van der Waals surface area contributed by atoms with Gasteiger partial charge in [0.15, 0.2) is 5.78 Å². The van der Waals surface area contributed by atoms with Crippen LogP contribution in [0.5, 0.6) is 0 Å². The molecule has 5 heteroatoms. The number of ether oxygens (including phenoxy) is 1. The molecule has 0 unspecified atom stereocenters. The van der Waals surface area contributed by atoms with E-state index < -0.39 is 23.3 Å². The maximum absolute atomic E-state index is 11.2. The van der Waals surface area contributed by atoms with Gasteiger partial charge in [0.2, 0.25) is 0 Å². The van der Waals surface area contributed by atoms with E-state index in [0.29, 0.717) is 0 Å². The quantitative estimate of drug-likeness (QED) is 0.418. The first-order valence-electron chi connectivity index (χ1n) is 4.41. The van der Waals surface area contributed by atoms with E-state index in [1.54, 1.807) is 0 Å². The first-order chi connectivity index (χ1) is 6.77. The lowest BCUT2D eigenvalue weighted by molar-refractivity contribution is -0.180. The van der Waals surface area contributed by atoms with Crippen molar-refractivity contribution in [2.75, 3.05) is 0 Å². The van der Waals surface area contributed by atoms with Crippen LogP contribution in [-0.4, -0.2) is 28.4 Å². The third kappa shape index (κ3) is 2.65. The van der Waals surface area contributed by atoms with Crippen LogP contribution in [0, 0.1) is 0 Å². The Morgan fingerprint density at radius 1 is 1.33 bits per heavy atom. The molecule has 0 rings (SSSR count). The van der Waals surface area contributed by atoms with Gasteiger partial charge >= 0.3 is 11.9 Å². The van der Waals surface area contributed by atoms with Crippen LogP contribution in [0.1, 0.15) is 27.2 Å². The Kier molecular flexibility index (Phi) is 4.21. The molecule has 0 aromatic rings. The molecule has 15 heavy (non-hydrogen) atoms. The van der Waals surface area contributed by atoms with E-state index in [1.165, 1.54) is 13.8 Å². The van der Waals surface area contributed by atoms with E-state index in [9.17, 15) is 14.4 Å². The second-order valence-corrected chi connectivity index (χ2v) is 3.21. The van der Waals surface area contributed by atoms with Gasteiger partial charge in [-0.1, -0.05) is 13.5 Å². The van der Waals surface area contributed by atoms with E-state index in [1.807, 2.05) is 0 Å². The molecule has 0 aromatic carbocycles. The van der Waals surface area contributed by atoms with Crippen LogP contribution in [0.15, 0.2) is 12.2 Å². The second-order valence-electron chi connectivity index (χ2n) is 3.21. The van der Waals surface area contributed by atoms with Gasteiger partial charge in [0.1, 0.15) is 0 Å². The monoisotopic (exact) mass is 214 g/mol. The van der Waals surface area contributed by atoms with E-state index in [-0.39, 0.29) is 12.0 Å². The van der Waals surface area contributed by atoms with Crippen molar-refractivity contribution >= 4 is 17.7 Å². The minimum Gasteiger partial charge on any atom is -0.478 e. The lowest BCUT2D eigenvalue weighted by Gasteiger charge is -2.25. The summed E-state index contributed by atoms with van der Waals surface area (Å²) >= 11 is 0. The summed E-state index contributed by atoms with van der Waals surface area (Å²) in [6.07, 6.45) is -0.114. The number of carboxylic acid groups (broad SMARTS) is 1. The fourth-order valence-corrected chi connectivity index (χ4v) is 0.984. The Morgan fingerprint density at radius 3 is 2.00 bits per heavy atom. The Labute approximate surface area is 87.7 Å². The van der Waals surface area contributed by atoms with Crippen LogP contribution < -0.4 is 0 Å². The second kappa shape index (κ2) is 4.72. The van der Waals surface area contributed by atoms with E-state index in [2.05, 4.69) is 11.3 Å². The molecule has 0 saturated carbocycles. The smallest absolute Gasteiger partial charge is 0.356 e. The van der Waals surface area contributed by atoms with Crippen molar-refractivity contribution in [1.29, 1.82) is 0 Å². The predicted octanol–water partition coefficient (Wildman–Crippen LogP) is 0.928. The van der Waals surface area contributed by atoms with Crippen molar-refractivity contribution < 1.29 is 24.2 Å². The first-order valence-corrected chi connectivity index (χ1v) is 4.41. The average Bonchev–Trinajstić information content (AvgIpc) is 2.12. The zero-order valence-corrected chi connectivity index (χ0v) is 8.99. The molecule has 0 aromatic heterocycles. The first kappa shape index (κ1) is 13.4. The SMILES string of the molecule is C=C(C)C(=O)O[C@](CC)(C(C)=O)C(=O)O. The van der Waals surface area contributed by atoms with Gasteiger partial charge in [-0.15, -0.1) is 0 Å². The molecule has 0 aliphatic heterocycles. The summed E-state index contributed by atoms with van der Waals surface area (Å²) in [5.41, 5.74) is -2.04. The molecule has 1 N–H and O–H groups in total. The van der Waals surface area contributed by atoms with Crippen molar-refractivity contribution in [3.8, 4) is 0 Å². The lowest BCUT2D eigenvalue weighted by Crippen LogP contribution is -2.49. The molecular formula is C10H14O5. The summed E-state index contributed by atoms with van der Waals surface area (Å²) in [7, 11) is 0. The molecular weight excluding hydrogens is 200 g/mol. The van der Waals surface area contributed by atoms with Crippen molar-refractivity contribution in [3.05, 3.63) is 12.2 Å². The maximum Gasteiger partial charge on any atom is 0.356 e. The van der Waals surface area contributed by atoms with Crippen LogP contribution in [0.25, 0.3) is 0 Å². The van der Waals surface area contributed by atoms with E-state index in [4.69, 9.17) is 5.11 Å². The molecule has 0 aliphatic rings. The van der Waals surface area contributed by atoms with Crippen molar-refractivity contribution in [2.45, 2.75) is 32.8 Å². The normalized spacial score (nSPS) is 13.8. The Morgan fingerprint density at radius 2 is 1.80 bits per heavy atom. The van der Waals surface area contributed by atoms with Gasteiger partial charge in [-0.25, -0.2) is 9.59 Å². The number of carbonyl (C=O) groups excluding carboxylic acids is 2. The number of carboxylic acids is 1. The number of hydrogen-bond donors (Lipinski definition) is 1. The molecule has 84 valence electrons. The molecule has 0 amide bonds. The Bertz CT molecular complexity index is 302. The predicted molar refractivity (Wildman–Crippen MR) is 52.2 cm³/mol. The molecule has 0 saturated heterocycles. The molecule has 0 fully saturated rings. The summed E-state index contributed by atoms with van der Waals surface area (Å²) in [5, 5.41) is 8.90. The van der Waals surface area contributed by atoms with Crippen LogP contribution in [0.3, 0.4) is 0 Å². The minimum absolute atomic E-state index is 0.0512. The largest absolute Gasteiger partial charge is 0.478 e. The van der Waals surface area contributed by atoms with Crippen LogP contribution in [-0.2, 0) is 19.1 Å². The molecule has 0 aliphatic carbocycles. The highest BCUT2D eigenvalue weighted by Gasteiger charge is 2.46. The number of Topliss-reactive ketones (excluding diaryl/α,β-unsaturated/α-hetero) is 1. The molecule has 0 spiro atoms. The summed E-state index contributed by atoms with van der Waals surface area (Å²) in [6.45, 7) is 7.23. The summed E-state index contributed by atoms with van der Waals surface area (Å²) in [4.78, 5) is 33.3. The fourth-order valence-electron chi connectivity index (χ4n) is 0.984. The third-order valence-corrected chi connectivity index (χ3v) is 2.03. The van der Waals surface area contributed by atoms with Crippen LogP contribution in [0.2, 0.25) is 0 Å². The van der Waals surface area contributed by atoms with Crippen molar-refractivity contribution in [3.63, 3.8) is 0 Å². The number of ketones is 1. The van der Waals surface area contributed by atoms with E-state index >= 15 is 0 Å². The molecule has 1 atom stereocenters. The number of hydrogen-bond acceptors (Lipinski definition) is 4. The molecule has 0 bridgehead atoms. The highest BCUT2D eigenvalue weighted by atomic mass is 16.6. The Hall–Kier alpha value is -1.65. The number of carbonyl (C=O) groups is 3. The third-order valence-electron chi connectivity index (χ3n) is 2.03. The molecule has 0 radical (unpaired) electrons. The molecule has 0 heterocycles. The van der Waals surface area contributed by atoms with Gasteiger partial charge in [0, 0.05) is 12.0 Å². The van der Waals surface area contributed by atoms with Gasteiger partial charge < -0.3 is 9.84 Å². The summed E-state index contributed by atoms with van der Waals surface area (Å²) < 4.78 is 4.68. The zero-order chi connectivity index (χ0) is 12.2. The number of esters is 1. The maximum atomic E-state index is 11.2. The fraction of sp³-hybridized carbons (Fsp3) is 0.500. The van der Waals surface area contributed by atoms with Crippen molar-refractivity contribution in [2.24, 2.45) is 0 Å². The van der Waals surface area contributed by atoms with Gasteiger partial charge in [0.25, 0.3) is 5.60 Å². The number of rotatable bonds is 5. The standard InChI is InChI=1S/C10H14O5/c1-5-10(7(4)11,9(13)14)15-8(12)6(2)3/h2,5H2,1,3-4H3,(H,13,14)/t10-/m1/s1. The zero-order valence-electron chi connectivity index (χ0n) is 8.99. The highest BCUT2D eigenvalue weighted by Crippen LogP contribution is 2.19. The molecule has 5 nitrogen and oxygen atoms in total. The van der Waals surface area contributed by atoms with Gasteiger partial charge in [-0.2, -0.15) is 0 Å². The van der Waals surface area contributed by atoms with Crippen LogP contribution >= 0.6 is 0 Å². The van der Waals surface area contributed by atoms with Crippen molar-refractivity contribution in [1.82, 2.24) is 0 Å². The highest BCUT2D eigenvalue weighted by molar-refractivity contribution is 6.07. The van der Waals surface area contributed by atoms with Gasteiger partial charge in [0.05, 0.1) is 0 Å². The van der Waals surface area contributed by atoms with Gasteiger partial charge in [-0.3, -0.25) is 4.79 Å². The summed E-state index contributed by atoms with van der Waals surface area (Å²) in [5.74, 6) is -3.06. The topological polar surface area (TPSA) is 80.7 Å². The van der Waals surface area contributed by atoms with Crippen LogP contribution in [0.4, 0.5) is 0 Å². The average molecular weight is 214 g/mol. The minimum atomic E-state index is -2.09. The summed E-state index contributed by atoms with van der Waals surface area (Å²) in [6, 6.07) is 0.